The quantitative estimate of drug-likeness (QED) is 0.371. The van der Waals surface area contributed by atoms with Crippen molar-refractivity contribution >= 4 is 23.4 Å². The number of para-hydroxylation sites is 1. The standard InChI is InChI=1S/C29H30N2O6S/c1-6-15-37-21-12-10-9-11-19(21)16-24-26(32)31-28(38-24)30-18(4)25(27(33)34)29(31,7-2)20-13-14-22(35-5)23(17-20)36-8-3/h6,9-14,16-17H,1,7-8,15H2,2-5H3,(H,33,34)/p-1. The summed E-state index contributed by atoms with van der Waals surface area (Å²) in [6, 6.07) is 12.5. The van der Waals surface area contributed by atoms with E-state index in [1.165, 1.54) is 23.0 Å². The monoisotopic (exact) mass is 533 g/mol. The van der Waals surface area contributed by atoms with Crippen molar-refractivity contribution < 1.29 is 24.1 Å². The van der Waals surface area contributed by atoms with Crippen LogP contribution in [0.25, 0.3) is 6.08 Å². The topological polar surface area (TPSA) is 102 Å². The van der Waals surface area contributed by atoms with Gasteiger partial charge < -0.3 is 24.1 Å². The van der Waals surface area contributed by atoms with Gasteiger partial charge in [0.1, 0.15) is 17.9 Å². The van der Waals surface area contributed by atoms with Crippen molar-refractivity contribution in [3.8, 4) is 17.2 Å². The van der Waals surface area contributed by atoms with Crippen molar-refractivity contribution in [1.29, 1.82) is 0 Å². The smallest absolute Gasteiger partial charge is 0.271 e. The Morgan fingerprint density at radius 1 is 1.16 bits per heavy atom. The van der Waals surface area contributed by atoms with Crippen LogP contribution in [0.5, 0.6) is 17.2 Å². The van der Waals surface area contributed by atoms with Gasteiger partial charge in [0, 0.05) is 16.8 Å². The van der Waals surface area contributed by atoms with Crippen molar-refractivity contribution in [1.82, 2.24) is 4.57 Å². The molecular formula is C29H29N2O6S-. The zero-order valence-corrected chi connectivity index (χ0v) is 22.6. The molecule has 0 saturated carbocycles. The first-order valence-electron chi connectivity index (χ1n) is 12.2. The van der Waals surface area contributed by atoms with Gasteiger partial charge in [-0.05, 0) is 50.1 Å². The highest BCUT2D eigenvalue weighted by Gasteiger charge is 2.43. The molecule has 4 rings (SSSR count). The Balaban J connectivity index is 2.04. The molecule has 8 nitrogen and oxygen atoms in total. The minimum absolute atomic E-state index is 0.0683. The molecule has 1 atom stereocenters. The molecule has 0 amide bonds. The summed E-state index contributed by atoms with van der Waals surface area (Å²) in [6.45, 7) is 9.69. The predicted octanol–water partition coefficient (Wildman–Crippen LogP) is 2.52. The van der Waals surface area contributed by atoms with Gasteiger partial charge in [-0.2, -0.15) is 0 Å². The van der Waals surface area contributed by atoms with Gasteiger partial charge in [0.2, 0.25) is 0 Å². The lowest BCUT2D eigenvalue weighted by molar-refractivity contribution is -0.300. The number of aliphatic carboxylic acids is 1. The number of benzene rings is 2. The first-order chi connectivity index (χ1) is 18.3. The van der Waals surface area contributed by atoms with Crippen molar-refractivity contribution in [2.75, 3.05) is 20.3 Å². The summed E-state index contributed by atoms with van der Waals surface area (Å²) in [7, 11) is 1.53. The van der Waals surface area contributed by atoms with Crippen LogP contribution in [0.4, 0.5) is 0 Å². The largest absolute Gasteiger partial charge is 0.545 e. The van der Waals surface area contributed by atoms with Crippen LogP contribution in [0.3, 0.4) is 0 Å². The van der Waals surface area contributed by atoms with Crippen LogP contribution < -0.4 is 34.2 Å². The number of aromatic nitrogens is 1. The van der Waals surface area contributed by atoms with Crippen molar-refractivity contribution in [2.24, 2.45) is 4.99 Å². The van der Waals surface area contributed by atoms with Crippen LogP contribution in [-0.4, -0.2) is 30.9 Å². The number of carboxylic acid groups (broad SMARTS) is 1. The lowest BCUT2D eigenvalue weighted by Gasteiger charge is -2.39. The van der Waals surface area contributed by atoms with Gasteiger partial charge in [0.25, 0.3) is 5.56 Å². The van der Waals surface area contributed by atoms with E-state index in [1.54, 1.807) is 37.3 Å². The van der Waals surface area contributed by atoms with Gasteiger partial charge in [-0.25, -0.2) is 4.99 Å². The second-order valence-corrected chi connectivity index (χ2v) is 9.55. The molecule has 1 unspecified atom stereocenters. The molecule has 38 heavy (non-hydrogen) atoms. The Kier molecular flexibility index (Phi) is 7.87. The second-order valence-electron chi connectivity index (χ2n) is 8.54. The molecule has 0 spiro atoms. The van der Waals surface area contributed by atoms with Crippen LogP contribution in [0.1, 0.15) is 38.3 Å². The number of fused-ring (bicyclic) bond motifs is 1. The molecule has 0 saturated heterocycles. The fraction of sp³-hybridized carbons (Fsp3) is 0.276. The average molecular weight is 534 g/mol. The first kappa shape index (κ1) is 26.9. The zero-order chi connectivity index (χ0) is 27.4. The maximum atomic E-state index is 14.0. The number of hydrogen-bond acceptors (Lipinski definition) is 8. The van der Waals surface area contributed by atoms with Gasteiger partial charge in [-0.1, -0.05) is 55.2 Å². The van der Waals surface area contributed by atoms with Gasteiger partial charge in [-0.3, -0.25) is 9.36 Å². The number of carboxylic acids is 1. The molecule has 0 fully saturated rings. The van der Waals surface area contributed by atoms with Crippen molar-refractivity contribution in [3.63, 3.8) is 0 Å². The third-order valence-corrected chi connectivity index (χ3v) is 7.41. The average Bonchev–Trinajstić information content (AvgIpc) is 3.21. The lowest BCUT2D eigenvalue weighted by atomic mass is 9.78. The molecule has 0 aliphatic carbocycles. The Hall–Kier alpha value is -4.11. The van der Waals surface area contributed by atoms with Crippen molar-refractivity contribution in [2.45, 2.75) is 32.7 Å². The molecule has 2 aromatic carbocycles. The van der Waals surface area contributed by atoms with Gasteiger partial charge in [-0.15, -0.1) is 0 Å². The first-order valence-corrected chi connectivity index (χ1v) is 13.0. The molecule has 1 aliphatic heterocycles. The Bertz CT molecular complexity index is 1600. The molecule has 0 N–H and O–H groups in total. The van der Waals surface area contributed by atoms with Crippen molar-refractivity contribution in [3.05, 3.63) is 97.2 Å². The van der Waals surface area contributed by atoms with E-state index in [2.05, 4.69) is 11.6 Å². The summed E-state index contributed by atoms with van der Waals surface area (Å²) in [4.78, 5) is 31.5. The second kappa shape index (κ2) is 11.1. The van der Waals surface area contributed by atoms with E-state index in [9.17, 15) is 14.7 Å². The van der Waals surface area contributed by atoms with Crippen LogP contribution in [0.15, 0.2) is 76.2 Å². The third kappa shape index (κ3) is 4.54. The molecule has 3 aromatic rings. The highest BCUT2D eigenvalue weighted by atomic mass is 32.1. The number of carbonyl (C=O) groups excluding carboxylic acids is 1. The SMILES string of the molecule is C=CCOc1ccccc1C=c1sc2n(c1=O)C(CC)(c1ccc(OC)c(OCC)c1)C(C(=O)[O-])=C(C)N=2. The minimum Gasteiger partial charge on any atom is -0.545 e. The zero-order valence-electron chi connectivity index (χ0n) is 21.8. The van der Waals surface area contributed by atoms with E-state index in [0.29, 0.717) is 50.9 Å². The van der Waals surface area contributed by atoms with Crippen LogP contribution >= 0.6 is 11.3 Å². The number of methoxy groups -OCH3 is 1. The maximum Gasteiger partial charge on any atom is 0.271 e. The van der Waals surface area contributed by atoms with Gasteiger partial charge in [0.05, 0.1) is 24.2 Å². The molecular weight excluding hydrogens is 504 g/mol. The summed E-state index contributed by atoms with van der Waals surface area (Å²) in [5, 5.41) is 12.6. The summed E-state index contributed by atoms with van der Waals surface area (Å²) < 4.78 is 18.8. The van der Waals surface area contributed by atoms with E-state index < -0.39 is 11.5 Å². The van der Waals surface area contributed by atoms with E-state index in [1.807, 2.05) is 38.1 Å². The van der Waals surface area contributed by atoms with Crippen LogP contribution in [0.2, 0.25) is 0 Å². The fourth-order valence-corrected chi connectivity index (χ4v) is 5.92. The number of rotatable bonds is 10. The number of carbonyl (C=O) groups is 1. The number of nitrogens with zero attached hydrogens (tertiary/aromatic N) is 2. The summed E-state index contributed by atoms with van der Waals surface area (Å²) >= 11 is 1.19. The highest BCUT2D eigenvalue weighted by molar-refractivity contribution is 7.07. The molecule has 2 heterocycles. The van der Waals surface area contributed by atoms with Gasteiger partial charge >= 0.3 is 0 Å². The normalized spacial score (nSPS) is 17.0. The molecule has 0 bridgehead atoms. The number of ether oxygens (including phenoxy) is 3. The number of hydrogen-bond donors (Lipinski definition) is 0. The summed E-state index contributed by atoms with van der Waals surface area (Å²) in [5.74, 6) is 0.159. The maximum absolute atomic E-state index is 14.0. The molecule has 1 aliphatic rings. The molecule has 9 heteroatoms. The van der Waals surface area contributed by atoms with E-state index in [0.717, 1.165) is 0 Å². The van der Waals surface area contributed by atoms with E-state index in [4.69, 9.17) is 14.2 Å². The Labute approximate surface area is 224 Å². The molecule has 0 radical (unpaired) electrons. The Morgan fingerprint density at radius 3 is 2.58 bits per heavy atom. The fourth-order valence-electron chi connectivity index (χ4n) is 4.85. The summed E-state index contributed by atoms with van der Waals surface area (Å²) in [6.07, 6.45) is 3.63. The number of allylic oxidation sites excluding steroid dienone is 1. The van der Waals surface area contributed by atoms with Crippen LogP contribution in [0, 0.1) is 0 Å². The van der Waals surface area contributed by atoms with E-state index >= 15 is 0 Å². The van der Waals surface area contributed by atoms with Crippen LogP contribution in [-0.2, 0) is 10.3 Å². The van der Waals surface area contributed by atoms with Gasteiger partial charge in [0.15, 0.2) is 16.3 Å². The molecule has 1 aromatic heterocycles. The molecule has 198 valence electrons. The highest BCUT2D eigenvalue weighted by Crippen LogP contribution is 2.42. The number of thiazole rings is 1. The van der Waals surface area contributed by atoms with E-state index in [-0.39, 0.29) is 23.3 Å². The third-order valence-electron chi connectivity index (χ3n) is 6.45. The summed E-state index contributed by atoms with van der Waals surface area (Å²) in [5.41, 5.74) is -0.268. The Morgan fingerprint density at radius 2 is 1.92 bits per heavy atom. The predicted molar refractivity (Wildman–Crippen MR) is 144 cm³/mol. The minimum atomic E-state index is -1.39. The lowest BCUT2D eigenvalue weighted by Crippen LogP contribution is -2.54.